The number of nitrogens with zero attached hydrogens (tertiary/aromatic N) is 1. The number of oxime groups is 1. The quantitative estimate of drug-likeness (QED) is 0.606. The molecule has 138 valence electrons. The van der Waals surface area contributed by atoms with Gasteiger partial charge in [0.15, 0.2) is 0 Å². The fraction of sp³-hybridized carbons (Fsp3) is 0.667. The van der Waals surface area contributed by atoms with Gasteiger partial charge in [0.05, 0.1) is 12.3 Å². The maximum Gasteiger partial charge on any atom is 0.120 e. The summed E-state index contributed by atoms with van der Waals surface area (Å²) in [4.78, 5) is 5.60. The maximum atomic E-state index is 9.43. The van der Waals surface area contributed by atoms with E-state index in [9.17, 15) is 5.11 Å². The van der Waals surface area contributed by atoms with Crippen LogP contribution in [0.4, 0.5) is 0 Å². The van der Waals surface area contributed by atoms with E-state index in [0.29, 0.717) is 11.8 Å². The van der Waals surface area contributed by atoms with Gasteiger partial charge in [0.25, 0.3) is 0 Å². The van der Waals surface area contributed by atoms with E-state index in [0.717, 1.165) is 37.1 Å². The summed E-state index contributed by atoms with van der Waals surface area (Å²) in [5, 5.41) is 13.7. The molecule has 0 saturated heterocycles. The number of aliphatic hydroxyl groups excluding tert-OH is 1. The zero-order valence-corrected chi connectivity index (χ0v) is 15.4. The molecule has 0 heterocycles. The molecule has 3 rings (SSSR count). The first-order chi connectivity index (χ1) is 12.1. The molecule has 2 fully saturated rings. The maximum absolute atomic E-state index is 9.43. The molecule has 0 bridgehead atoms. The van der Waals surface area contributed by atoms with Crippen LogP contribution >= 0.6 is 0 Å². The Balaban J connectivity index is 1.53. The Morgan fingerprint density at radius 3 is 2.56 bits per heavy atom. The first kappa shape index (κ1) is 18.4. The zero-order valence-electron chi connectivity index (χ0n) is 15.4. The van der Waals surface area contributed by atoms with Gasteiger partial charge in [0.1, 0.15) is 6.61 Å². The SMILES string of the molecule is C/C(=N\OCC1CCCCC1)c1ccc([C@@H]2CC[C@](N)(CO)C2)cc1. The van der Waals surface area contributed by atoms with Crippen molar-refractivity contribution in [2.75, 3.05) is 13.2 Å². The number of nitrogens with two attached hydrogens (primary N) is 1. The third-order valence-corrected chi connectivity index (χ3v) is 5.99. The Morgan fingerprint density at radius 2 is 1.92 bits per heavy atom. The monoisotopic (exact) mass is 344 g/mol. The first-order valence-corrected chi connectivity index (χ1v) is 9.76. The van der Waals surface area contributed by atoms with Gasteiger partial charge in [-0.3, -0.25) is 0 Å². The minimum Gasteiger partial charge on any atom is -0.395 e. The third kappa shape index (κ3) is 4.83. The summed E-state index contributed by atoms with van der Waals surface area (Å²) in [5.41, 5.74) is 9.14. The smallest absolute Gasteiger partial charge is 0.120 e. The Morgan fingerprint density at radius 1 is 1.20 bits per heavy atom. The second-order valence-corrected chi connectivity index (χ2v) is 8.06. The van der Waals surface area contributed by atoms with E-state index >= 15 is 0 Å². The summed E-state index contributed by atoms with van der Waals surface area (Å²) >= 11 is 0. The lowest BCUT2D eigenvalue weighted by atomic mass is 9.90. The molecule has 3 N–H and O–H groups in total. The van der Waals surface area contributed by atoms with Crippen molar-refractivity contribution in [3.05, 3.63) is 35.4 Å². The van der Waals surface area contributed by atoms with Gasteiger partial charge in [-0.25, -0.2) is 0 Å². The van der Waals surface area contributed by atoms with Crippen LogP contribution in [0.15, 0.2) is 29.4 Å². The van der Waals surface area contributed by atoms with Crippen LogP contribution in [0.1, 0.15) is 75.3 Å². The van der Waals surface area contributed by atoms with Gasteiger partial charge in [0.2, 0.25) is 0 Å². The van der Waals surface area contributed by atoms with Crippen molar-refractivity contribution in [2.45, 2.75) is 69.7 Å². The van der Waals surface area contributed by atoms with Crippen LogP contribution in [-0.4, -0.2) is 29.6 Å². The van der Waals surface area contributed by atoms with E-state index in [1.165, 1.54) is 37.7 Å². The number of hydrogen-bond donors (Lipinski definition) is 2. The molecule has 25 heavy (non-hydrogen) atoms. The minimum absolute atomic E-state index is 0.0751. The molecule has 1 aromatic carbocycles. The number of aliphatic hydroxyl groups is 1. The highest BCUT2D eigenvalue weighted by molar-refractivity contribution is 5.98. The first-order valence-electron chi connectivity index (χ1n) is 9.76. The van der Waals surface area contributed by atoms with Crippen LogP contribution in [0, 0.1) is 5.92 Å². The van der Waals surface area contributed by atoms with Crippen LogP contribution in [0.5, 0.6) is 0 Å². The van der Waals surface area contributed by atoms with Crippen molar-refractivity contribution in [3.63, 3.8) is 0 Å². The molecule has 4 heteroatoms. The molecule has 2 saturated carbocycles. The topological polar surface area (TPSA) is 67.8 Å². The zero-order chi connectivity index (χ0) is 17.7. The Labute approximate surface area is 151 Å². The lowest BCUT2D eigenvalue weighted by Crippen LogP contribution is -2.40. The summed E-state index contributed by atoms with van der Waals surface area (Å²) in [6, 6.07) is 8.58. The molecule has 1 aromatic rings. The normalized spacial score (nSPS) is 28.3. The van der Waals surface area contributed by atoms with Gasteiger partial charge < -0.3 is 15.7 Å². The fourth-order valence-electron chi connectivity index (χ4n) is 4.23. The fourth-order valence-corrected chi connectivity index (χ4v) is 4.23. The van der Waals surface area contributed by atoms with Crippen molar-refractivity contribution in [3.8, 4) is 0 Å². The molecule has 0 amide bonds. The average Bonchev–Trinajstić information content (AvgIpc) is 3.06. The predicted octanol–water partition coefficient (Wildman–Crippen LogP) is 3.96. The van der Waals surface area contributed by atoms with E-state index in [2.05, 4.69) is 29.4 Å². The molecule has 2 aliphatic rings. The molecule has 0 radical (unpaired) electrons. The van der Waals surface area contributed by atoms with Crippen molar-refractivity contribution in [2.24, 2.45) is 16.8 Å². The molecule has 2 atom stereocenters. The van der Waals surface area contributed by atoms with Gasteiger partial charge in [0, 0.05) is 5.54 Å². The summed E-state index contributed by atoms with van der Waals surface area (Å²) in [7, 11) is 0. The van der Waals surface area contributed by atoms with E-state index in [-0.39, 0.29) is 6.61 Å². The molecule has 0 aliphatic heterocycles. The molecule has 0 spiro atoms. The van der Waals surface area contributed by atoms with Crippen LogP contribution < -0.4 is 5.73 Å². The van der Waals surface area contributed by atoms with Crippen LogP contribution in [-0.2, 0) is 4.84 Å². The second kappa shape index (κ2) is 8.33. The number of benzene rings is 1. The predicted molar refractivity (Wildman–Crippen MR) is 102 cm³/mol. The lowest BCUT2D eigenvalue weighted by Gasteiger charge is -2.21. The van der Waals surface area contributed by atoms with E-state index < -0.39 is 5.54 Å². The highest BCUT2D eigenvalue weighted by Gasteiger charge is 2.35. The third-order valence-electron chi connectivity index (χ3n) is 5.99. The highest BCUT2D eigenvalue weighted by atomic mass is 16.6. The Bertz CT molecular complexity index is 578. The highest BCUT2D eigenvalue weighted by Crippen LogP contribution is 2.39. The van der Waals surface area contributed by atoms with Gasteiger partial charge >= 0.3 is 0 Å². The molecule has 4 nitrogen and oxygen atoms in total. The molecular weight excluding hydrogens is 312 g/mol. The van der Waals surface area contributed by atoms with Crippen molar-refractivity contribution >= 4 is 5.71 Å². The Hall–Kier alpha value is -1.39. The minimum atomic E-state index is -0.395. The van der Waals surface area contributed by atoms with Crippen molar-refractivity contribution in [1.29, 1.82) is 0 Å². The summed E-state index contributed by atoms with van der Waals surface area (Å²) in [6.45, 7) is 2.82. The summed E-state index contributed by atoms with van der Waals surface area (Å²) < 4.78 is 0. The number of hydrogen-bond acceptors (Lipinski definition) is 4. The summed E-state index contributed by atoms with van der Waals surface area (Å²) in [6.07, 6.45) is 9.40. The largest absolute Gasteiger partial charge is 0.395 e. The van der Waals surface area contributed by atoms with Crippen molar-refractivity contribution in [1.82, 2.24) is 0 Å². The van der Waals surface area contributed by atoms with Crippen LogP contribution in [0.3, 0.4) is 0 Å². The molecule has 0 aromatic heterocycles. The van der Waals surface area contributed by atoms with E-state index in [4.69, 9.17) is 10.6 Å². The molecule has 0 unspecified atom stereocenters. The average molecular weight is 344 g/mol. The van der Waals surface area contributed by atoms with E-state index in [1.54, 1.807) is 0 Å². The van der Waals surface area contributed by atoms with Crippen molar-refractivity contribution < 1.29 is 9.94 Å². The molecular formula is C21H32N2O2. The standard InChI is InChI=1S/C21H32N2O2/c1-16(23-25-14-17-5-3-2-4-6-17)18-7-9-19(10-8-18)20-11-12-21(22,13-20)15-24/h7-10,17,20,24H,2-6,11-15,22H2,1H3/b23-16+/t20-,21-/m1/s1. The van der Waals surface area contributed by atoms with Gasteiger partial charge in [-0.05, 0) is 62.0 Å². The summed E-state index contributed by atoms with van der Waals surface area (Å²) in [5.74, 6) is 1.13. The van der Waals surface area contributed by atoms with Gasteiger partial charge in [-0.1, -0.05) is 48.7 Å². The van der Waals surface area contributed by atoms with Crippen LogP contribution in [0.25, 0.3) is 0 Å². The number of rotatable bonds is 6. The Kier molecular flexibility index (Phi) is 6.13. The van der Waals surface area contributed by atoms with Crippen LogP contribution in [0.2, 0.25) is 0 Å². The second-order valence-electron chi connectivity index (χ2n) is 8.06. The van der Waals surface area contributed by atoms with Gasteiger partial charge in [-0.2, -0.15) is 0 Å². The van der Waals surface area contributed by atoms with E-state index in [1.807, 2.05) is 6.92 Å². The molecule has 2 aliphatic carbocycles. The van der Waals surface area contributed by atoms with Gasteiger partial charge in [-0.15, -0.1) is 0 Å². The lowest BCUT2D eigenvalue weighted by molar-refractivity contribution is 0.0916.